The Labute approximate surface area is 222 Å². The zero-order valence-corrected chi connectivity index (χ0v) is 21.8. The maximum atomic E-state index is 13.8. The van der Waals surface area contributed by atoms with Gasteiger partial charge < -0.3 is 14.4 Å². The van der Waals surface area contributed by atoms with Crippen LogP contribution in [0.25, 0.3) is 5.69 Å². The zero-order chi connectivity index (χ0) is 25.8. The van der Waals surface area contributed by atoms with Crippen LogP contribution in [0.1, 0.15) is 40.0 Å². The number of para-hydroxylation sites is 1. The number of amides is 1. The van der Waals surface area contributed by atoms with E-state index in [9.17, 15) is 4.79 Å². The Morgan fingerprint density at radius 2 is 1.86 bits per heavy atom. The van der Waals surface area contributed by atoms with Crippen LogP contribution in [0.2, 0.25) is 5.02 Å². The highest BCUT2D eigenvalue weighted by Gasteiger charge is 2.28. The highest BCUT2D eigenvalue weighted by Crippen LogP contribution is 2.33. The van der Waals surface area contributed by atoms with E-state index in [0.29, 0.717) is 41.9 Å². The first kappa shape index (κ1) is 25.1. The van der Waals surface area contributed by atoms with Crippen LogP contribution < -0.4 is 4.74 Å². The molecular weight excluding hydrogens is 486 g/mol. The van der Waals surface area contributed by atoms with Crippen molar-refractivity contribution in [1.82, 2.24) is 14.7 Å². The number of aryl methyl sites for hydroxylation is 2. The number of hydrogen-bond acceptors (Lipinski definition) is 4. The smallest absolute Gasteiger partial charge is 0.255 e. The Morgan fingerprint density at radius 1 is 1.08 bits per heavy atom. The summed E-state index contributed by atoms with van der Waals surface area (Å²) in [6, 6.07) is 24.9. The lowest BCUT2D eigenvalue weighted by molar-refractivity contribution is 0.0505. The Morgan fingerprint density at radius 3 is 2.59 bits per heavy atom. The van der Waals surface area contributed by atoms with Crippen molar-refractivity contribution < 1.29 is 14.3 Å². The minimum absolute atomic E-state index is 0.0166. The average molecular weight is 516 g/mol. The average Bonchev–Trinajstić information content (AvgIpc) is 3.52. The van der Waals surface area contributed by atoms with Gasteiger partial charge in [-0.05, 0) is 68.7 Å². The van der Waals surface area contributed by atoms with Crippen molar-refractivity contribution >= 4 is 17.5 Å². The van der Waals surface area contributed by atoms with Crippen LogP contribution >= 0.6 is 11.6 Å². The van der Waals surface area contributed by atoms with Gasteiger partial charge in [-0.2, -0.15) is 5.10 Å². The molecule has 1 saturated heterocycles. The molecule has 37 heavy (non-hydrogen) atoms. The molecule has 0 N–H and O–H groups in total. The summed E-state index contributed by atoms with van der Waals surface area (Å²) in [5.74, 6) is 1.15. The summed E-state index contributed by atoms with van der Waals surface area (Å²) in [6.07, 6.45) is 1.89. The molecule has 4 aromatic rings. The lowest BCUT2D eigenvalue weighted by Gasteiger charge is -2.26. The number of ether oxygens (including phenoxy) is 2. The number of halogens is 1. The molecule has 2 heterocycles. The third-order valence-electron chi connectivity index (χ3n) is 6.53. The summed E-state index contributed by atoms with van der Waals surface area (Å²) in [5, 5.41) is 5.26. The Bertz CT molecular complexity index is 1380. The summed E-state index contributed by atoms with van der Waals surface area (Å²) in [5.41, 5.74) is 4.06. The molecular formula is C30H30ClN3O3. The molecule has 0 saturated carbocycles. The topological polar surface area (TPSA) is 56.6 Å². The molecule has 1 aliphatic heterocycles. The van der Waals surface area contributed by atoms with Gasteiger partial charge in [-0.1, -0.05) is 54.1 Å². The van der Waals surface area contributed by atoms with E-state index in [1.807, 2.05) is 80.6 Å². The van der Waals surface area contributed by atoms with Gasteiger partial charge in [-0.25, -0.2) is 4.68 Å². The van der Waals surface area contributed by atoms with E-state index in [-0.39, 0.29) is 12.0 Å². The molecule has 0 unspecified atom stereocenters. The minimum Gasteiger partial charge on any atom is -0.439 e. The van der Waals surface area contributed by atoms with Crippen LogP contribution in [0.3, 0.4) is 0 Å². The van der Waals surface area contributed by atoms with Crippen LogP contribution in [0, 0.1) is 13.8 Å². The SMILES string of the molecule is Cc1cccc(Oc2c(CN(C[C@@H]3CCCO3)C(=O)c3ccccc3Cl)c(C)nn2-c2ccccc2)c1. The van der Waals surface area contributed by atoms with Gasteiger partial charge in [0.05, 0.1) is 40.2 Å². The Balaban J connectivity index is 1.56. The van der Waals surface area contributed by atoms with Crippen molar-refractivity contribution in [3.63, 3.8) is 0 Å². The van der Waals surface area contributed by atoms with Crippen LogP contribution in [0.4, 0.5) is 0 Å². The molecule has 3 aromatic carbocycles. The van der Waals surface area contributed by atoms with E-state index >= 15 is 0 Å². The molecule has 5 rings (SSSR count). The first-order valence-electron chi connectivity index (χ1n) is 12.5. The van der Waals surface area contributed by atoms with Crippen LogP contribution in [0.15, 0.2) is 78.9 Å². The minimum atomic E-state index is -0.144. The number of carbonyl (C=O) groups is 1. The fourth-order valence-electron chi connectivity index (χ4n) is 4.61. The van der Waals surface area contributed by atoms with Crippen molar-refractivity contribution in [2.24, 2.45) is 0 Å². The normalized spacial score (nSPS) is 15.1. The molecule has 190 valence electrons. The van der Waals surface area contributed by atoms with E-state index in [0.717, 1.165) is 35.3 Å². The second-order valence-electron chi connectivity index (χ2n) is 9.34. The molecule has 6 nitrogen and oxygen atoms in total. The highest BCUT2D eigenvalue weighted by atomic mass is 35.5. The van der Waals surface area contributed by atoms with Gasteiger partial charge in [0.15, 0.2) is 0 Å². The lowest BCUT2D eigenvalue weighted by Crippen LogP contribution is -2.37. The maximum absolute atomic E-state index is 13.8. The van der Waals surface area contributed by atoms with Gasteiger partial charge in [0.25, 0.3) is 5.91 Å². The van der Waals surface area contributed by atoms with Gasteiger partial charge in [0, 0.05) is 13.2 Å². The van der Waals surface area contributed by atoms with Crippen LogP contribution in [0.5, 0.6) is 11.6 Å². The Kier molecular flexibility index (Phi) is 7.58. The highest BCUT2D eigenvalue weighted by molar-refractivity contribution is 6.33. The molecule has 1 aliphatic rings. The van der Waals surface area contributed by atoms with Crippen molar-refractivity contribution in [2.45, 2.75) is 39.3 Å². The van der Waals surface area contributed by atoms with Crippen molar-refractivity contribution in [3.05, 3.63) is 106 Å². The van der Waals surface area contributed by atoms with Gasteiger partial charge in [-0.15, -0.1) is 0 Å². The largest absolute Gasteiger partial charge is 0.439 e. The third-order valence-corrected chi connectivity index (χ3v) is 6.86. The molecule has 0 bridgehead atoms. The summed E-state index contributed by atoms with van der Waals surface area (Å²) >= 11 is 6.43. The second-order valence-corrected chi connectivity index (χ2v) is 9.74. The summed E-state index contributed by atoms with van der Waals surface area (Å²) in [6.45, 7) is 5.46. The van der Waals surface area contributed by atoms with E-state index in [1.54, 1.807) is 21.7 Å². The predicted octanol–water partition coefficient (Wildman–Crippen LogP) is 6.76. The number of benzene rings is 3. The van der Waals surface area contributed by atoms with Gasteiger partial charge in [0.1, 0.15) is 5.75 Å². The first-order chi connectivity index (χ1) is 18.0. The molecule has 1 fully saturated rings. The second kappa shape index (κ2) is 11.2. The predicted molar refractivity (Wildman–Crippen MR) is 145 cm³/mol. The number of nitrogens with zero attached hydrogens (tertiary/aromatic N) is 3. The van der Waals surface area contributed by atoms with E-state index in [2.05, 4.69) is 0 Å². The monoisotopic (exact) mass is 515 g/mol. The molecule has 1 amide bonds. The molecule has 1 atom stereocenters. The van der Waals surface area contributed by atoms with Crippen molar-refractivity contribution in [3.8, 4) is 17.3 Å². The van der Waals surface area contributed by atoms with Gasteiger partial charge >= 0.3 is 0 Å². The molecule has 0 spiro atoms. The maximum Gasteiger partial charge on any atom is 0.255 e. The number of carbonyl (C=O) groups excluding carboxylic acids is 1. The third kappa shape index (κ3) is 5.71. The fraction of sp³-hybridized carbons (Fsp3) is 0.267. The Hall–Kier alpha value is -3.61. The zero-order valence-electron chi connectivity index (χ0n) is 21.1. The number of hydrogen-bond donors (Lipinski definition) is 0. The van der Waals surface area contributed by atoms with Crippen molar-refractivity contribution in [1.29, 1.82) is 0 Å². The quantitative estimate of drug-likeness (QED) is 0.260. The fourth-order valence-corrected chi connectivity index (χ4v) is 4.83. The van der Waals surface area contributed by atoms with Crippen molar-refractivity contribution in [2.75, 3.05) is 13.2 Å². The lowest BCUT2D eigenvalue weighted by atomic mass is 10.1. The van der Waals surface area contributed by atoms with Crippen LogP contribution in [-0.4, -0.2) is 39.8 Å². The van der Waals surface area contributed by atoms with E-state index in [1.165, 1.54) is 0 Å². The molecule has 1 aromatic heterocycles. The van der Waals surface area contributed by atoms with E-state index < -0.39 is 0 Å². The van der Waals surface area contributed by atoms with Gasteiger partial charge in [0.2, 0.25) is 5.88 Å². The van der Waals surface area contributed by atoms with E-state index in [4.69, 9.17) is 26.2 Å². The first-order valence-corrected chi connectivity index (χ1v) is 12.9. The van der Waals surface area contributed by atoms with Crippen LogP contribution in [-0.2, 0) is 11.3 Å². The molecule has 0 aliphatic carbocycles. The number of aromatic nitrogens is 2. The summed E-state index contributed by atoms with van der Waals surface area (Å²) < 4.78 is 14.2. The molecule has 0 radical (unpaired) electrons. The number of rotatable bonds is 8. The standard InChI is InChI=1S/C30H30ClN3O3/c1-21-10-8-13-24(18-21)37-30-27(22(2)32-34(30)23-11-4-3-5-12-23)20-33(19-25-14-9-17-36-25)29(35)26-15-6-7-16-28(26)31/h3-8,10-13,15-16,18,25H,9,14,17,19-20H2,1-2H3/t25-/m0/s1. The summed E-state index contributed by atoms with van der Waals surface area (Å²) in [4.78, 5) is 15.6. The summed E-state index contributed by atoms with van der Waals surface area (Å²) in [7, 11) is 0. The molecule has 7 heteroatoms. The van der Waals surface area contributed by atoms with Gasteiger partial charge in [-0.3, -0.25) is 4.79 Å².